The molecule has 3 N–H and O–H groups in total. The summed E-state index contributed by atoms with van der Waals surface area (Å²) in [5.74, 6) is 0.259. The van der Waals surface area contributed by atoms with Crippen LogP contribution in [0.1, 0.15) is 17.8 Å². The number of aromatic amines is 1. The number of H-pyrrole nitrogens is 1. The van der Waals surface area contributed by atoms with Gasteiger partial charge in [-0.3, -0.25) is 5.10 Å². The molecule has 7 nitrogen and oxygen atoms in total. The van der Waals surface area contributed by atoms with E-state index in [1.54, 1.807) is 14.0 Å². The van der Waals surface area contributed by atoms with Crippen LogP contribution in [0.25, 0.3) is 0 Å². The molecule has 0 aliphatic carbocycles. The highest BCUT2D eigenvalue weighted by Gasteiger charge is 2.25. The minimum atomic E-state index is -3.53. The fraction of sp³-hybridized carbons (Fsp3) is 0.727. The van der Waals surface area contributed by atoms with Crippen LogP contribution in [-0.4, -0.2) is 45.4 Å². The maximum atomic E-state index is 12.3. The zero-order chi connectivity index (χ0) is 13.9. The third-order valence-corrected chi connectivity index (χ3v) is 4.79. The van der Waals surface area contributed by atoms with Crippen molar-refractivity contribution in [3.05, 3.63) is 11.4 Å². The van der Waals surface area contributed by atoms with Crippen molar-refractivity contribution >= 4 is 10.0 Å². The highest BCUT2D eigenvalue weighted by molar-refractivity contribution is 7.89. The maximum Gasteiger partial charge on any atom is 0.244 e. The first-order valence-electron chi connectivity index (χ1n) is 6.30. The van der Waals surface area contributed by atoms with Gasteiger partial charge in [-0.1, -0.05) is 0 Å². The summed E-state index contributed by atoms with van der Waals surface area (Å²) in [5.41, 5.74) is 1.07. The van der Waals surface area contributed by atoms with Gasteiger partial charge in [0.15, 0.2) is 0 Å². The first-order valence-corrected chi connectivity index (χ1v) is 7.78. The minimum Gasteiger partial charge on any atom is -0.381 e. The highest BCUT2D eigenvalue weighted by Crippen LogP contribution is 2.18. The van der Waals surface area contributed by atoms with Gasteiger partial charge in [0.05, 0.1) is 18.0 Å². The molecule has 0 bridgehead atoms. The van der Waals surface area contributed by atoms with Crippen molar-refractivity contribution in [3.8, 4) is 0 Å². The summed E-state index contributed by atoms with van der Waals surface area (Å²) in [6, 6.07) is 0. The van der Waals surface area contributed by atoms with E-state index >= 15 is 0 Å². The average Bonchev–Trinajstić information content (AvgIpc) is 2.97. The van der Waals surface area contributed by atoms with Gasteiger partial charge in [0.25, 0.3) is 0 Å². The summed E-state index contributed by atoms with van der Waals surface area (Å²) in [7, 11) is -1.77. The van der Waals surface area contributed by atoms with E-state index in [0.717, 1.165) is 6.42 Å². The van der Waals surface area contributed by atoms with E-state index in [9.17, 15) is 8.42 Å². The number of sulfonamides is 1. The van der Waals surface area contributed by atoms with E-state index in [1.165, 1.54) is 0 Å². The summed E-state index contributed by atoms with van der Waals surface area (Å²) < 4.78 is 32.5. The van der Waals surface area contributed by atoms with E-state index in [1.807, 2.05) is 0 Å². The van der Waals surface area contributed by atoms with Gasteiger partial charge in [-0.25, -0.2) is 13.1 Å². The molecule has 1 aromatic heterocycles. The largest absolute Gasteiger partial charge is 0.381 e. The predicted molar refractivity (Wildman–Crippen MR) is 70.2 cm³/mol. The lowest BCUT2D eigenvalue weighted by Crippen LogP contribution is -2.30. The quantitative estimate of drug-likeness (QED) is 0.671. The Morgan fingerprint density at radius 2 is 2.32 bits per heavy atom. The van der Waals surface area contributed by atoms with Gasteiger partial charge >= 0.3 is 0 Å². The van der Waals surface area contributed by atoms with Gasteiger partial charge in [0, 0.05) is 19.7 Å². The molecule has 1 aliphatic heterocycles. The standard InChI is InChI=1S/C11H20N4O3S/c1-8-11(10(6-12-2)15-14-8)19(16,17)13-5-9-3-4-18-7-9/h9,12-13H,3-7H2,1-2H3,(H,14,15). The maximum absolute atomic E-state index is 12.3. The second-order valence-electron chi connectivity index (χ2n) is 4.74. The monoisotopic (exact) mass is 288 g/mol. The van der Waals surface area contributed by atoms with E-state index < -0.39 is 10.0 Å². The summed E-state index contributed by atoms with van der Waals surface area (Å²) >= 11 is 0. The Morgan fingerprint density at radius 1 is 1.53 bits per heavy atom. The van der Waals surface area contributed by atoms with Crippen molar-refractivity contribution in [2.75, 3.05) is 26.8 Å². The highest BCUT2D eigenvalue weighted by atomic mass is 32.2. The number of nitrogens with one attached hydrogen (secondary N) is 3. The molecule has 108 valence electrons. The van der Waals surface area contributed by atoms with E-state index in [4.69, 9.17) is 4.74 Å². The number of aromatic nitrogens is 2. The molecule has 1 aromatic rings. The number of ether oxygens (including phenoxy) is 1. The molecule has 1 saturated heterocycles. The molecule has 1 aliphatic rings. The Hall–Kier alpha value is -0.960. The van der Waals surface area contributed by atoms with Crippen LogP contribution in [-0.2, 0) is 21.3 Å². The van der Waals surface area contributed by atoms with Crippen molar-refractivity contribution in [2.45, 2.75) is 24.8 Å². The van der Waals surface area contributed by atoms with Crippen molar-refractivity contribution in [1.82, 2.24) is 20.2 Å². The van der Waals surface area contributed by atoms with Crippen LogP contribution >= 0.6 is 0 Å². The summed E-state index contributed by atoms with van der Waals surface area (Å²) in [4.78, 5) is 0.251. The van der Waals surface area contributed by atoms with Crippen molar-refractivity contribution in [2.24, 2.45) is 5.92 Å². The molecule has 8 heteroatoms. The first kappa shape index (κ1) is 14.4. The first-order chi connectivity index (χ1) is 9.04. The molecule has 1 unspecified atom stereocenters. The fourth-order valence-electron chi connectivity index (χ4n) is 2.16. The van der Waals surface area contributed by atoms with Crippen LogP contribution in [0.4, 0.5) is 0 Å². The molecular weight excluding hydrogens is 268 g/mol. The number of hydrogen-bond donors (Lipinski definition) is 3. The molecule has 1 fully saturated rings. The third kappa shape index (κ3) is 3.33. The topological polar surface area (TPSA) is 96.1 Å². The van der Waals surface area contributed by atoms with Crippen molar-refractivity contribution in [3.63, 3.8) is 0 Å². The number of aryl methyl sites for hydroxylation is 1. The number of nitrogens with zero attached hydrogens (tertiary/aromatic N) is 1. The van der Waals surface area contributed by atoms with Gasteiger partial charge in [0.1, 0.15) is 4.90 Å². The smallest absolute Gasteiger partial charge is 0.244 e. The number of rotatable bonds is 6. The summed E-state index contributed by atoms with van der Waals surface area (Å²) in [5, 5.41) is 9.65. The lowest BCUT2D eigenvalue weighted by Gasteiger charge is -2.11. The van der Waals surface area contributed by atoms with Gasteiger partial charge in [-0.05, 0) is 26.3 Å². The SMILES string of the molecule is CNCc1n[nH]c(C)c1S(=O)(=O)NCC1CCOC1. The Bertz CT molecular complexity index is 520. The molecule has 2 heterocycles. The van der Waals surface area contributed by atoms with Crippen LogP contribution < -0.4 is 10.0 Å². The van der Waals surface area contributed by atoms with Crippen LogP contribution in [0.3, 0.4) is 0 Å². The zero-order valence-electron chi connectivity index (χ0n) is 11.2. The van der Waals surface area contributed by atoms with Crippen LogP contribution in [0.2, 0.25) is 0 Å². The Balaban J connectivity index is 2.11. The third-order valence-electron chi connectivity index (χ3n) is 3.16. The second-order valence-corrected chi connectivity index (χ2v) is 6.44. The fourth-order valence-corrected chi connectivity index (χ4v) is 3.63. The molecule has 2 rings (SSSR count). The molecule has 0 amide bonds. The lowest BCUT2D eigenvalue weighted by molar-refractivity contribution is 0.186. The molecule has 1 atom stereocenters. The molecule has 0 spiro atoms. The minimum absolute atomic E-state index is 0.251. The zero-order valence-corrected chi connectivity index (χ0v) is 12.0. The lowest BCUT2D eigenvalue weighted by atomic mass is 10.1. The molecule has 0 aromatic carbocycles. The summed E-state index contributed by atoms with van der Waals surface area (Å²) in [6.45, 7) is 3.86. The average molecular weight is 288 g/mol. The van der Waals surface area contributed by atoms with Crippen LogP contribution in [0.5, 0.6) is 0 Å². The van der Waals surface area contributed by atoms with Crippen LogP contribution in [0.15, 0.2) is 4.90 Å². The van der Waals surface area contributed by atoms with Gasteiger partial charge in [-0.15, -0.1) is 0 Å². The predicted octanol–water partition coefficient (Wildman–Crippen LogP) is -0.248. The molecule has 0 saturated carbocycles. The van der Waals surface area contributed by atoms with Crippen LogP contribution in [0, 0.1) is 12.8 Å². The van der Waals surface area contributed by atoms with E-state index in [-0.39, 0.29) is 10.8 Å². The van der Waals surface area contributed by atoms with E-state index in [2.05, 4.69) is 20.2 Å². The molecule has 0 radical (unpaired) electrons. The molecule has 19 heavy (non-hydrogen) atoms. The van der Waals surface area contributed by atoms with Gasteiger partial charge < -0.3 is 10.1 Å². The Morgan fingerprint density at radius 3 is 2.95 bits per heavy atom. The Kier molecular flexibility index (Phi) is 4.56. The normalized spacial score (nSPS) is 20.0. The summed E-state index contributed by atoms with van der Waals surface area (Å²) in [6.07, 6.45) is 0.899. The van der Waals surface area contributed by atoms with Crippen molar-refractivity contribution < 1.29 is 13.2 Å². The van der Waals surface area contributed by atoms with Gasteiger partial charge in [-0.2, -0.15) is 5.10 Å². The van der Waals surface area contributed by atoms with Gasteiger partial charge in [0.2, 0.25) is 10.0 Å². The van der Waals surface area contributed by atoms with Crippen molar-refractivity contribution in [1.29, 1.82) is 0 Å². The van der Waals surface area contributed by atoms with E-state index in [0.29, 0.717) is 37.7 Å². The second kappa shape index (κ2) is 6.00. The number of hydrogen-bond acceptors (Lipinski definition) is 5. The Labute approximate surface area is 113 Å². The molecular formula is C11H20N4O3S.